The molecule has 124 valence electrons. The number of hydrogen-bond acceptors (Lipinski definition) is 4. The number of halogens is 1. The monoisotopic (exact) mass is 346 g/mol. The van der Waals surface area contributed by atoms with Gasteiger partial charge < -0.3 is 0 Å². The average Bonchev–Trinajstić information content (AvgIpc) is 3.05. The molecule has 3 aromatic rings. The van der Waals surface area contributed by atoms with Crippen molar-refractivity contribution in [3.8, 4) is 11.4 Å². The smallest absolute Gasteiger partial charge is 0.216 e. The van der Waals surface area contributed by atoms with Crippen LogP contribution in [0.5, 0.6) is 0 Å². The molecule has 0 fully saturated rings. The molecule has 0 spiro atoms. The van der Waals surface area contributed by atoms with E-state index in [2.05, 4.69) is 19.9 Å². The molecule has 0 saturated carbocycles. The summed E-state index contributed by atoms with van der Waals surface area (Å²) in [6.07, 6.45) is 0. The van der Waals surface area contributed by atoms with Crippen LogP contribution in [0.1, 0.15) is 11.4 Å². The Hall–Kier alpha value is -2.58. The highest BCUT2D eigenvalue weighted by Gasteiger charge is 2.13. The Morgan fingerprint density at radius 1 is 1.04 bits per heavy atom. The SMILES string of the molecule is O=S(=O)(Cc1ccc(F)cc1)NCc1nc(-c2ccccc2)n[nH]1. The normalized spacial score (nSPS) is 11.5. The molecule has 1 aromatic heterocycles. The highest BCUT2D eigenvalue weighted by atomic mass is 32.2. The first-order chi connectivity index (χ1) is 11.5. The van der Waals surface area contributed by atoms with Gasteiger partial charge in [-0.1, -0.05) is 42.5 Å². The Morgan fingerprint density at radius 2 is 1.75 bits per heavy atom. The Morgan fingerprint density at radius 3 is 2.46 bits per heavy atom. The fourth-order valence-electron chi connectivity index (χ4n) is 2.12. The fraction of sp³-hybridized carbons (Fsp3) is 0.125. The number of rotatable bonds is 6. The second-order valence-corrected chi connectivity index (χ2v) is 6.99. The van der Waals surface area contributed by atoms with E-state index in [9.17, 15) is 12.8 Å². The maximum atomic E-state index is 12.8. The Kier molecular flexibility index (Phi) is 4.68. The van der Waals surface area contributed by atoms with Gasteiger partial charge in [-0.15, -0.1) is 0 Å². The topological polar surface area (TPSA) is 87.7 Å². The summed E-state index contributed by atoms with van der Waals surface area (Å²) < 4.78 is 39.4. The predicted molar refractivity (Wildman–Crippen MR) is 87.7 cm³/mol. The number of aromatic amines is 1. The molecule has 0 saturated heterocycles. The highest BCUT2D eigenvalue weighted by Crippen LogP contribution is 2.13. The lowest BCUT2D eigenvalue weighted by Crippen LogP contribution is -2.25. The molecular weight excluding hydrogens is 331 g/mol. The molecule has 8 heteroatoms. The highest BCUT2D eigenvalue weighted by molar-refractivity contribution is 7.88. The van der Waals surface area contributed by atoms with Gasteiger partial charge >= 0.3 is 0 Å². The van der Waals surface area contributed by atoms with Crippen LogP contribution in [0.4, 0.5) is 4.39 Å². The second-order valence-electron chi connectivity index (χ2n) is 5.18. The summed E-state index contributed by atoms with van der Waals surface area (Å²) in [6.45, 7) is 0.00333. The molecule has 24 heavy (non-hydrogen) atoms. The van der Waals surface area contributed by atoms with Crippen LogP contribution in [0.3, 0.4) is 0 Å². The van der Waals surface area contributed by atoms with E-state index in [1.807, 2.05) is 30.3 Å². The van der Waals surface area contributed by atoms with Gasteiger partial charge in [0.05, 0.1) is 12.3 Å². The van der Waals surface area contributed by atoms with Crippen LogP contribution in [0.15, 0.2) is 54.6 Å². The number of nitrogens with one attached hydrogen (secondary N) is 2. The van der Waals surface area contributed by atoms with Gasteiger partial charge in [0.2, 0.25) is 10.0 Å². The van der Waals surface area contributed by atoms with Crippen LogP contribution in [0, 0.1) is 5.82 Å². The predicted octanol–water partition coefficient (Wildman–Crippen LogP) is 2.23. The van der Waals surface area contributed by atoms with Crippen LogP contribution in [-0.2, 0) is 22.3 Å². The molecule has 3 rings (SSSR count). The lowest BCUT2D eigenvalue weighted by molar-refractivity contribution is 0.578. The maximum Gasteiger partial charge on any atom is 0.216 e. The minimum absolute atomic E-state index is 0.00333. The third-order valence-electron chi connectivity index (χ3n) is 3.29. The van der Waals surface area contributed by atoms with Gasteiger partial charge in [0.25, 0.3) is 0 Å². The first-order valence-corrected chi connectivity index (χ1v) is 8.85. The summed E-state index contributed by atoms with van der Waals surface area (Å²) in [5.74, 6) is 0.284. The van der Waals surface area contributed by atoms with Gasteiger partial charge in [0, 0.05) is 5.56 Å². The summed E-state index contributed by atoms with van der Waals surface area (Å²) in [5, 5.41) is 6.78. The summed E-state index contributed by atoms with van der Waals surface area (Å²) in [4.78, 5) is 4.26. The molecule has 0 aliphatic rings. The van der Waals surface area contributed by atoms with Crippen LogP contribution in [-0.4, -0.2) is 23.6 Å². The zero-order chi connectivity index (χ0) is 17.0. The van der Waals surface area contributed by atoms with Gasteiger partial charge in [-0.05, 0) is 17.7 Å². The van der Waals surface area contributed by atoms with Gasteiger partial charge in [0.15, 0.2) is 5.82 Å². The molecule has 6 nitrogen and oxygen atoms in total. The molecule has 0 amide bonds. The number of H-pyrrole nitrogens is 1. The van der Waals surface area contributed by atoms with Crippen LogP contribution in [0.2, 0.25) is 0 Å². The number of nitrogens with zero attached hydrogens (tertiary/aromatic N) is 2. The Bertz CT molecular complexity index is 909. The summed E-state index contributed by atoms with van der Waals surface area (Å²) in [5.41, 5.74) is 1.35. The molecule has 2 aromatic carbocycles. The molecule has 1 heterocycles. The molecule has 0 aliphatic carbocycles. The average molecular weight is 346 g/mol. The number of hydrogen-bond donors (Lipinski definition) is 2. The van der Waals surface area contributed by atoms with Gasteiger partial charge in [-0.3, -0.25) is 5.10 Å². The van der Waals surface area contributed by atoms with Crippen LogP contribution in [0.25, 0.3) is 11.4 Å². The minimum Gasteiger partial charge on any atom is -0.262 e. The van der Waals surface area contributed by atoms with Crippen molar-refractivity contribution in [2.45, 2.75) is 12.3 Å². The summed E-state index contributed by atoms with van der Waals surface area (Å²) in [6, 6.07) is 14.7. The molecule has 0 radical (unpaired) electrons. The summed E-state index contributed by atoms with van der Waals surface area (Å²) in [7, 11) is -3.56. The lowest BCUT2D eigenvalue weighted by atomic mass is 10.2. The number of benzene rings is 2. The molecule has 2 N–H and O–H groups in total. The third kappa shape index (κ3) is 4.24. The van der Waals surface area contributed by atoms with E-state index < -0.39 is 15.8 Å². The Balaban J connectivity index is 1.63. The van der Waals surface area contributed by atoms with Crippen molar-refractivity contribution in [3.63, 3.8) is 0 Å². The van der Waals surface area contributed by atoms with Crippen molar-refractivity contribution in [3.05, 3.63) is 71.8 Å². The summed E-state index contributed by atoms with van der Waals surface area (Å²) >= 11 is 0. The van der Waals surface area contributed by atoms with E-state index in [1.165, 1.54) is 24.3 Å². The fourth-order valence-corrected chi connectivity index (χ4v) is 3.21. The molecule has 0 bridgehead atoms. The third-order valence-corrected chi connectivity index (χ3v) is 4.59. The quantitative estimate of drug-likeness (QED) is 0.716. The van der Waals surface area contributed by atoms with E-state index in [-0.39, 0.29) is 12.3 Å². The minimum atomic E-state index is -3.56. The van der Waals surface area contributed by atoms with Crippen LogP contribution >= 0.6 is 0 Å². The van der Waals surface area contributed by atoms with E-state index in [0.29, 0.717) is 17.2 Å². The zero-order valence-corrected chi connectivity index (χ0v) is 13.4. The van der Waals surface area contributed by atoms with Gasteiger partial charge in [-0.25, -0.2) is 22.5 Å². The van der Waals surface area contributed by atoms with Crippen molar-refractivity contribution < 1.29 is 12.8 Å². The first-order valence-electron chi connectivity index (χ1n) is 7.20. The standard InChI is InChI=1S/C16H15FN4O2S/c17-14-8-6-12(7-9-14)11-24(22,23)18-10-15-19-16(21-20-15)13-4-2-1-3-5-13/h1-9,18H,10-11H2,(H,19,20,21). The van der Waals surface area contributed by atoms with E-state index in [0.717, 1.165) is 5.56 Å². The Labute approximate surface area is 138 Å². The van der Waals surface area contributed by atoms with Crippen molar-refractivity contribution in [2.24, 2.45) is 0 Å². The maximum absolute atomic E-state index is 12.8. The van der Waals surface area contributed by atoms with Crippen molar-refractivity contribution in [2.75, 3.05) is 0 Å². The van der Waals surface area contributed by atoms with Gasteiger partial charge in [0.1, 0.15) is 11.6 Å². The van der Waals surface area contributed by atoms with E-state index in [4.69, 9.17) is 0 Å². The molecule has 0 atom stereocenters. The molecule has 0 aliphatic heterocycles. The van der Waals surface area contributed by atoms with Crippen molar-refractivity contribution in [1.82, 2.24) is 19.9 Å². The lowest BCUT2D eigenvalue weighted by Gasteiger charge is -2.05. The van der Waals surface area contributed by atoms with Crippen molar-refractivity contribution >= 4 is 10.0 Å². The second kappa shape index (κ2) is 6.90. The van der Waals surface area contributed by atoms with Gasteiger partial charge in [-0.2, -0.15) is 5.10 Å². The number of aromatic nitrogens is 3. The van der Waals surface area contributed by atoms with E-state index in [1.54, 1.807) is 0 Å². The van der Waals surface area contributed by atoms with E-state index >= 15 is 0 Å². The molecular formula is C16H15FN4O2S. The zero-order valence-electron chi connectivity index (χ0n) is 12.6. The largest absolute Gasteiger partial charge is 0.262 e. The molecule has 0 unspecified atom stereocenters. The first kappa shape index (κ1) is 16.3. The van der Waals surface area contributed by atoms with Crippen LogP contribution < -0.4 is 4.72 Å². The number of sulfonamides is 1. The van der Waals surface area contributed by atoms with Crippen molar-refractivity contribution in [1.29, 1.82) is 0 Å².